The van der Waals surface area contributed by atoms with Crippen molar-refractivity contribution in [1.29, 1.82) is 5.41 Å². The lowest BCUT2D eigenvalue weighted by Crippen LogP contribution is -2.39. The van der Waals surface area contributed by atoms with Gasteiger partial charge in [-0.2, -0.15) is 8.70 Å². The highest BCUT2D eigenvalue weighted by atomic mass is 32.2. The van der Waals surface area contributed by atoms with E-state index in [0.29, 0.717) is 19.0 Å². The lowest BCUT2D eigenvalue weighted by atomic mass is 9.99. The van der Waals surface area contributed by atoms with Crippen LogP contribution in [0, 0.1) is 11.3 Å². The van der Waals surface area contributed by atoms with Gasteiger partial charge in [-0.15, -0.1) is 11.3 Å². The number of nitrogens with zero attached hydrogens (tertiary/aromatic N) is 2. The highest BCUT2D eigenvalue weighted by molar-refractivity contribution is 7.97. The quantitative estimate of drug-likeness (QED) is 0.216. The average molecular weight is 528 g/mol. The first-order valence-electron chi connectivity index (χ1n) is 11.2. The number of thiophene rings is 1. The molecule has 0 radical (unpaired) electrons. The smallest absolute Gasteiger partial charge is 0.256 e. The molecule has 0 spiro atoms. The van der Waals surface area contributed by atoms with Crippen molar-refractivity contribution in [1.82, 2.24) is 9.62 Å². The van der Waals surface area contributed by atoms with Crippen molar-refractivity contribution in [2.24, 2.45) is 10.3 Å². The summed E-state index contributed by atoms with van der Waals surface area (Å²) in [5.41, 5.74) is 1.28. The van der Waals surface area contributed by atoms with Crippen molar-refractivity contribution in [3.05, 3.63) is 29.0 Å². The van der Waals surface area contributed by atoms with E-state index in [4.69, 9.17) is 9.83 Å². The van der Waals surface area contributed by atoms with Gasteiger partial charge < -0.3 is 20.2 Å². The molecule has 0 aliphatic carbocycles. The zero-order valence-corrected chi connectivity index (χ0v) is 22.5. The second kappa shape index (κ2) is 11.1. The predicted molar refractivity (Wildman–Crippen MR) is 140 cm³/mol. The molecule has 188 valence electrons. The fourth-order valence-corrected chi connectivity index (χ4v) is 6.84. The third-order valence-corrected chi connectivity index (χ3v) is 9.38. The molecular weight excluding hydrogens is 494 g/mol. The standard InChI is InChI=1S/C22H33N5O4S3/c1-13(2)15-10-17(31-11-15)18(14(3)4)25-20(23)21(26-32-5)24-16-12-33-22(19(16)28)34(29,30)27-8-6-7-9-27/h10-14,18,28H,6-9H2,1-5H3,(H2,23,25)(H,24,26)/t18-/m1/s1. The van der Waals surface area contributed by atoms with Crippen LogP contribution in [-0.2, 0) is 10.0 Å². The summed E-state index contributed by atoms with van der Waals surface area (Å²) in [6, 6.07) is 1.73. The molecule has 1 fully saturated rings. The van der Waals surface area contributed by atoms with Gasteiger partial charge in [-0.05, 0) is 48.3 Å². The maximum Gasteiger partial charge on any atom is 0.256 e. The molecule has 0 unspecified atom stereocenters. The van der Waals surface area contributed by atoms with Gasteiger partial charge in [0.25, 0.3) is 10.0 Å². The van der Waals surface area contributed by atoms with Crippen LogP contribution in [-0.4, -0.2) is 48.8 Å². The number of furan rings is 1. The molecule has 3 rings (SSSR count). The summed E-state index contributed by atoms with van der Waals surface area (Å²) in [6.45, 7) is 9.15. The van der Waals surface area contributed by atoms with E-state index in [1.165, 1.54) is 9.69 Å². The maximum atomic E-state index is 12.9. The van der Waals surface area contributed by atoms with Crippen molar-refractivity contribution in [3.63, 3.8) is 0 Å². The Labute approximate surface area is 209 Å². The number of amidine groups is 2. The van der Waals surface area contributed by atoms with E-state index in [-0.39, 0.29) is 39.3 Å². The van der Waals surface area contributed by atoms with Crippen molar-refractivity contribution in [2.45, 2.75) is 56.7 Å². The van der Waals surface area contributed by atoms with Crippen LogP contribution in [0.1, 0.15) is 63.8 Å². The Balaban J connectivity index is 1.80. The van der Waals surface area contributed by atoms with Gasteiger partial charge in [0.15, 0.2) is 21.6 Å². The second-order valence-electron chi connectivity index (χ2n) is 8.82. The predicted octanol–water partition coefficient (Wildman–Crippen LogP) is 5.01. The molecule has 0 bridgehead atoms. The van der Waals surface area contributed by atoms with Crippen LogP contribution in [0.15, 0.2) is 30.7 Å². The number of sulfonamides is 1. The minimum atomic E-state index is -3.75. The SMILES string of the molecule is CS/N=C(/Nc1csc(S(=O)(=O)N2CCCC2)c1O)C(=N)N[C@@H](c1cc(C(C)C)co1)C(C)C. The molecule has 1 aliphatic heterocycles. The molecule has 1 saturated heterocycles. The molecule has 0 aromatic carbocycles. The number of anilines is 1. The molecule has 0 saturated carbocycles. The van der Waals surface area contributed by atoms with Gasteiger partial charge in [0.05, 0.1) is 18.0 Å². The highest BCUT2D eigenvalue weighted by Crippen LogP contribution is 2.40. The minimum absolute atomic E-state index is 0.00472. The second-order valence-corrected chi connectivity index (χ2v) is 12.4. The van der Waals surface area contributed by atoms with E-state index in [1.807, 2.05) is 19.9 Å². The maximum absolute atomic E-state index is 12.9. The topological polar surface area (TPSA) is 131 Å². The molecular formula is C22H33N5O4S3. The Hall–Kier alpha value is -2.02. The summed E-state index contributed by atoms with van der Waals surface area (Å²) in [5.74, 6) is 0.995. The molecule has 1 aliphatic rings. The van der Waals surface area contributed by atoms with Crippen molar-refractivity contribution in [3.8, 4) is 5.75 Å². The fourth-order valence-electron chi connectivity index (χ4n) is 3.63. The molecule has 0 amide bonds. The zero-order valence-electron chi connectivity index (χ0n) is 20.1. The molecule has 1 atom stereocenters. The molecule has 9 nitrogen and oxygen atoms in total. The first-order valence-corrected chi connectivity index (χ1v) is 14.7. The van der Waals surface area contributed by atoms with Crippen molar-refractivity contribution >= 4 is 50.7 Å². The number of hydrogen-bond donors (Lipinski definition) is 4. The van der Waals surface area contributed by atoms with Crippen LogP contribution in [0.2, 0.25) is 0 Å². The van der Waals surface area contributed by atoms with Crippen LogP contribution in [0.3, 0.4) is 0 Å². The highest BCUT2D eigenvalue weighted by Gasteiger charge is 2.32. The number of aromatic hydroxyl groups is 1. The van der Waals surface area contributed by atoms with E-state index in [1.54, 1.807) is 12.5 Å². The summed E-state index contributed by atoms with van der Waals surface area (Å²) < 4.78 is 37.1. The summed E-state index contributed by atoms with van der Waals surface area (Å²) in [6.07, 6.45) is 5.12. The molecule has 12 heteroatoms. The van der Waals surface area contributed by atoms with Gasteiger partial charge in [-0.1, -0.05) is 27.7 Å². The first-order chi connectivity index (χ1) is 16.1. The largest absolute Gasteiger partial charge is 0.504 e. The van der Waals surface area contributed by atoms with Gasteiger partial charge in [-0.3, -0.25) is 5.41 Å². The third kappa shape index (κ3) is 5.78. The van der Waals surface area contributed by atoms with Crippen LogP contribution in [0.5, 0.6) is 5.75 Å². The fraction of sp³-hybridized carbons (Fsp3) is 0.545. The molecule has 2 aromatic rings. The Morgan fingerprint density at radius 3 is 2.53 bits per heavy atom. The number of rotatable bonds is 8. The molecule has 2 aromatic heterocycles. The Bertz CT molecular complexity index is 1130. The first kappa shape index (κ1) is 26.6. The molecule has 34 heavy (non-hydrogen) atoms. The Morgan fingerprint density at radius 2 is 1.97 bits per heavy atom. The van der Waals surface area contributed by atoms with Crippen LogP contribution >= 0.6 is 23.3 Å². The monoisotopic (exact) mass is 527 g/mol. The third-order valence-electron chi connectivity index (χ3n) is 5.62. The van der Waals surface area contributed by atoms with Crippen molar-refractivity contribution in [2.75, 3.05) is 24.7 Å². The average Bonchev–Trinajstić information content (AvgIpc) is 3.53. The summed E-state index contributed by atoms with van der Waals surface area (Å²) in [4.78, 5) is 0. The Morgan fingerprint density at radius 1 is 1.29 bits per heavy atom. The molecule has 4 N–H and O–H groups in total. The lowest BCUT2D eigenvalue weighted by Gasteiger charge is -2.22. The van der Waals surface area contributed by atoms with E-state index >= 15 is 0 Å². The Kier molecular flexibility index (Phi) is 8.72. The van der Waals surface area contributed by atoms with E-state index in [2.05, 4.69) is 28.9 Å². The van der Waals surface area contributed by atoms with Crippen LogP contribution < -0.4 is 10.6 Å². The van der Waals surface area contributed by atoms with Gasteiger partial charge in [0.1, 0.15) is 5.76 Å². The van der Waals surface area contributed by atoms with E-state index < -0.39 is 10.0 Å². The lowest BCUT2D eigenvalue weighted by molar-refractivity contribution is 0.377. The van der Waals surface area contributed by atoms with Gasteiger partial charge >= 0.3 is 0 Å². The van der Waals surface area contributed by atoms with Gasteiger partial charge in [0.2, 0.25) is 0 Å². The van der Waals surface area contributed by atoms with Gasteiger partial charge in [-0.25, -0.2) is 8.42 Å². The van der Waals surface area contributed by atoms with Gasteiger partial charge in [0, 0.05) is 24.7 Å². The number of nitrogens with one attached hydrogen (secondary N) is 3. The number of hydrogen-bond acceptors (Lipinski definition) is 8. The molecule has 3 heterocycles. The van der Waals surface area contributed by atoms with Crippen LogP contribution in [0.25, 0.3) is 0 Å². The van der Waals surface area contributed by atoms with Crippen molar-refractivity contribution < 1.29 is 17.9 Å². The van der Waals surface area contributed by atoms with E-state index in [9.17, 15) is 13.5 Å². The van der Waals surface area contributed by atoms with E-state index in [0.717, 1.165) is 47.5 Å². The summed E-state index contributed by atoms with van der Waals surface area (Å²) >= 11 is 2.10. The summed E-state index contributed by atoms with van der Waals surface area (Å²) in [5, 5.41) is 27.0. The summed E-state index contributed by atoms with van der Waals surface area (Å²) in [7, 11) is -3.75. The zero-order chi connectivity index (χ0) is 25.0. The normalized spacial score (nSPS) is 16.4. The van der Waals surface area contributed by atoms with Crippen LogP contribution in [0.4, 0.5) is 5.69 Å². The minimum Gasteiger partial charge on any atom is -0.504 e.